The van der Waals surface area contributed by atoms with Crippen LogP contribution in [-0.2, 0) is 16.8 Å². The summed E-state index contributed by atoms with van der Waals surface area (Å²) in [7, 11) is 0. The quantitative estimate of drug-likeness (QED) is 0.341. The molecule has 0 amide bonds. The number of carbonyl (C=O) groups is 1. The lowest BCUT2D eigenvalue weighted by atomic mass is 9.76. The second-order valence-electron chi connectivity index (χ2n) is 8.36. The van der Waals surface area contributed by atoms with Gasteiger partial charge in [-0.2, -0.15) is 0 Å². The van der Waals surface area contributed by atoms with E-state index in [9.17, 15) is 9.90 Å². The first-order valence-corrected chi connectivity index (χ1v) is 11.3. The topological polar surface area (TPSA) is 99.0 Å². The van der Waals surface area contributed by atoms with E-state index in [1.165, 1.54) is 0 Å². The minimum Gasteiger partial charge on any atom is -0.480 e. The van der Waals surface area contributed by atoms with Gasteiger partial charge in [-0.25, -0.2) is 9.97 Å². The fourth-order valence-electron chi connectivity index (χ4n) is 4.65. The normalized spacial score (nSPS) is 12.4. The molecule has 0 saturated heterocycles. The van der Waals surface area contributed by atoms with Gasteiger partial charge >= 0.3 is 5.97 Å². The zero-order chi connectivity index (χ0) is 24.3. The summed E-state index contributed by atoms with van der Waals surface area (Å²) in [4.78, 5) is 20.2. The van der Waals surface area contributed by atoms with Gasteiger partial charge in [0.25, 0.3) is 0 Å². The Kier molecular flexibility index (Phi) is 5.99. The van der Waals surface area contributed by atoms with Crippen LogP contribution < -0.4 is 5.73 Å². The summed E-state index contributed by atoms with van der Waals surface area (Å²) in [6, 6.07) is 27.6. The molecule has 0 aliphatic heterocycles. The van der Waals surface area contributed by atoms with Gasteiger partial charge in [0.05, 0.1) is 12.7 Å². The molecule has 7 nitrogen and oxygen atoms in total. The molecule has 2 aromatic heterocycles. The molecule has 5 rings (SSSR count). The van der Waals surface area contributed by atoms with E-state index in [1.807, 2.05) is 51.7 Å². The number of rotatable bonds is 8. The molecule has 0 aliphatic carbocycles. The van der Waals surface area contributed by atoms with E-state index in [2.05, 4.69) is 58.5 Å². The van der Waals surface area contributed by atoms with Gasteiger partial charge in [-0.1, -0.05) is 72.8 Å². The van der Waals surface area contributed by atoms with Crippen molar-refractivity contribution in [3.8, 4) is 5.69 Å². The van der Waals surface area contributed by atoms with Gasteiger partial charge in [-0.05, 0) is 28.8 Å². The van der Waals surface area contributed by atoms with Crippen molar-refractivity contribution in [1.29, 1.82) is 0 Å². The fourth-order valence-corrected chi connectivity index (χ4v) is 4.65. The van der Waals surface area contributed by atoms with Crippen molar-refractivity contribution in [3.63, 3.8) is 0 Å². The second kappa shape index (κ2) is 9.40. The third-order valence-corrected chi connectivity index (χ3v) is 6.29. The number of imidazole rings is 2. The van der Waals surface area contributed by atoms with Gasteiger partial charge in [0.1, 0.15) is 11.6 Å². The largest absolute Gasteiger partial charge is 0.480 e. The first-order valence-electron chi connectivity index (χ1n) is 11.3. The minimum atomic E-state index is -1.05. The first kappa shape index (κ1) is 22.3. The number of aromatic nitrogens is 4. The highest BCUT2D eigenvalue weighted by Gasteiger charge is 2.40. The van der Waals surface area contributed by atoms with E-state index >= 15 is 0 Å². The Morgan fingerprint density at radius 1 is 0.857 bits per heavy atom. The summed E-state index contributed by atoms with van der Waals surface area (Å²) in [6.07, 6.45) is 9.01. The fraction of sp³-hybridized carbons (Fsp3) is 0.107. The van der Waals surface area contributed by atoms with Crippen LogP contribution in [0, 0.1) is 0 Å². The summed E-state index contributed by atoms with van der Waals surface area (Å²) in [5, 5.41) is 9.48. The van der Waals surface area contributed by atoms with E-state index in [4.69, 9.17) is 5.73 Å². The van der Waals surface area contributed by atoms with Crippen LogP contribution in [0.4, 0.5) is 0 Å². The highest BCUT2D eigenvalue weighted by atomic mass is 16.4. The molecule has 0 radical (unpaired) electrons. The van der Waals surface area contributed by atoms with Gasteiger partial charge in [0.15, 0.2) is 0 Å². The highest BCUT2D eigenvalue weighted by Crippen LogP contribution is 2.42. The van der Waals surface area contributed by atoms with Crippen molar-refractivity contribution in [2.75, 3.05) is 0 Å². The molecule has 2 heterocycles. The van der Waals surface area contributed by atoms with Crippen LogP contribution in [0.2, 0.25) is 0 Å². The van der Waals surface area contributed by atoms with Crippen LogP contribution in [0.3, 0.4) is 0 Å². The molecule has 0 bridgehead atoms. The van der Waals surface area contributed by atoms with E-state index in [-0.39, 0.29) is 6.42 Å². The minimum absolute atomic E-state index is 0.143. The van der Waals surface area contributed by atoms with E-state index in [1.54, 1.807) is 25.0 Å². The molecular formula is C28H25N5O2. The van der Waals surface area contributed by atoms with Gasteiger partial charge in [-0.15, -0.1) is 0 Å². The molecule has 3 N–H and O–H groups in total. The summed E-state index contributed by atoms with van der Waals surface area (Å²) in [6.45, 7) is 0. The van der Waals surface area contributed by atoms with Crippen LogP contribution >= 0.6 is 0 Å². The molecule has 1 atom stereocenters. The monoisotopic (exact) mass is 463 g/mol. The molecule has 0 spiro atoms. The number of aliphatic carboxylic acids is 1. The van der Waals surface area contributed by atoms with Gasteiger partial charge in [-0.3, -0.25) is 4.79 Å². The molecule has 0 saturated carbocycles. The van der Waals surface area contributed by atoms with Crippen LogP contribution in [0.25, 0.3) is 5.69 Å². The number of nitrogens with zero attached hydrogens (tertiary/aromatic N) is 4. The number of hydrogen-bond acceptors (Lipinski definition) is 4. The Balaban J connectivity index is 1.78. The Labute approximate surface area is 203 Å². The summed E-state index contributed by atoms with van der Waals surface area (Å²) >= 11 is 0. The van der Waals surface area contributed by atoms with Crippen molar-refractivity contribution < 1.29 is 9.90 Å². The molecule has 35 heavy (non-hydrogen) atoms. The second-order valence-corrected chi connectivity index (χ2v) is 8.36. The molecule has 0 aliphatic rings. The molecular weight excluding hydrogens is 438 g/mol. The summed E-state index contributed by atoms with van der Waals surface area (Å²) < 4.78 is 4.00. The molecule has 1 unspecified atom stereocenters. The Morgan fingerprint density at radius 2 is 1.46 bits per heavy atom. The third-order valence-electron chi connectivity index (χ3n) is 6.29. The van der Waals surface area contributed by atoms with Gasteiger partial charge in [0, 0.05) is 36.4 Å². The molecule has 7 heteroatoms. The van der Waals surface area contributed by atoms with Crippen molar-refractivity contribution in [2.24, 2.45) is 5.73 Å². The Bertz CT molecular complexity index is 1360. The van der Waals surface area contributed by atoms with Crippen molar-refractivity contribution in [3.05, 3.63) is 139 Å². The van der Waals surface area contributed by atoms with E-state index in [0.717, 1.165) is 28.1 Å². The summed E-state index contributed by atoms with van der Waals surface area (Å²) in [5.74, 6) is -1.05. The zero-order valence-corrected chi connectivity index (χ0v) is 19.0. The predicted molar refractivity (Wildman–Crippen MR) is 133 cm³/mol. The lowest BCUT2D eigenvalue weighted by Gasteiger charge is -2.39. The van der Waals surface area contributed by atoms with Crippen LogP contribution in [-0.4, -0.2) is 36.2 Å². The third kappa shape index (κ3) is 4.02. The van der Waals surface area contributed by atoms with Crippen LogP contribution in [0.15, 0.2) is 116 Å². The van der Waals surface area contributed by atoms with Crippen LogP contribution in [0.1, 0.15) is 22.4 Å². The number of carboxylic acids is 1. The molecule has 174 valence electrons. The Morgan fingerprint density at radius 3 is 2.00 bits per heavy atom. The van der Waals surface area contributed by atoms with Gasteiger partial charge < -0.3 is 20.0 Å². The lowest BCUT2D eigenvalue weighted by Crippen LogP contribution is -2.40. The maximum absolute atomic E-state index is 11.6. The smallest absolute Gasteiger partial charge is 0.320 e. The Hall–Kier alpha value is -4.49. The van der Waals surface area contributed by atoms with E-state index < -0.39 is 17.6 Å². The molecule has 0 fully saturated rings. The van der Waals surface area contributed by atoms with E-state index in [0.29, 0.717) is 0 Å². The SMILES string of the molecule is NC(Cc1cncn1C(c1ccccc1)(c1ccccc1)c1ccc(-n2ccnc2)cc1)C(=O)O. The predicted octanol–water partition coefficient (Wildman–Crippen LogP) is 3.86. The maximum atomic E-state index is 11.6. The lowest BCUT2D eigenvalue weighted by molar-refractivity contribution is -0.138. The van der Waals surface area contributed by atoms with Crippen molar-refractivity contribution >= 4 is 5.97 Å². The summed E-state index contributed by atoms with van der Waals surface area (Å²) in [5.41, 5.74) is 9.91. The highest BCUT2D eigenvalue weighted by molar-refractivity contribution is 5.73. The number of benzene rings is 3. The zero-order valence-electron chi connectivity index (χ0n) is 19.0. The average molecular weight is 464 g/mol. The molecule has 3 aromatic carbocycles. The van der Waals surface area contributed by atoms with Crippen molar-refractivity contribution in [2.45, 2.75) is 18.0 Å². The standard InChI is InChI=1S/C28H25N5O2/c29-26(27(34)35)17-25-18-31-20-33(25)28(21-7-3-1-4-8-21,22-9-5-2-6-10-22)23-11-13-24(14-12-23)32-16-15-30-19-32/h1-16,18-20,26H,17,29H2,(H,34,35). The first-order chi connectivity index (χ1) is 17.1. The number of nitrogens with two attached hydrogens (primary N) is 1. The average Bonchev–Trinajstić information content (AvgIpc) is 3.60. The molecule has 5 aromatic rings. The number of carboxylic acid groups (broad SMARTS) is 1. The number of hydrogen-bond donors (Lipinski definition) is 2. The van der Waals surface area contributed by atoms with Gasteiger partial charge in [0.2, 0.25) is 0 Å². The van der Waals surface area contributed by atoms with Crippen molar-refractivity contribution in [1.82, 2.24) is 19.1 Å². The van der Waals surface area contributed by atoms with Crippen LogP contribution in [0.5, 0.6) is 0 Å². The maximum Gasteiger partial charge on any atom is 0.320 e.